The SMILES string of the molecule is CCC(CC(=O)N(Cc1ccc(C(=O)Nc2ccccc2N)cc1)c1ccc(OC)c(OC)c1)c1ccc(SC)cc1. The summed E-state index contributed by atoms with van der Waals surface area (Å²) in [6.07, 6.45) is 3.23. The van der Waals surface area contributed by atoms with Crippen LogP contribution in [0.2, 0.25) is 0 Å². The van der Waals surface area contributed by atoms with Gasteiger partial charge in [-0.2, -0.15) is 0 Å². The number of hydrogen-bond acceptors (Lipinski definition) is 6. The molecule has 0 aromatic heterocycles. The molecular weight excluding hydrogens is 546 g/mol. The maximum atomic E-state index is 14.0. The van der Waals surface area contributed by atoms with Gasteiger partial charge in [-0.15, -0.1) is 11.8 Å². The van der Waals surface area contributed by atoms with Gasteiger partial charge in [-0.05, 0) is 78.3 Å². The van der Waals surface area contributed by atoms with Crippen molar-refractivity contribution in [2.75, 3.05) is 36.4 Å². The van der Waals surface area contributed by atoms with Crippen molar-refractivity contribution in [3.8, 4) is 11.5 Å². The first kappa shape index (κ1) is 30.5. The van der Waals surface area contributed by atoms with Crippen LogP contribution in [0, 0.1) is 0 Å². The number of hydrogen-bond donors (Lipinski definition) is 2. The normalized spacial score (nSPS) is 11.4. The van der Waals surface area contributed by atoms with E-state index in [1.807, 2.05) is 36.4 Å². The number of para-hydroxylation sites is 2. The minimum atomic E-state index is -0.259. The van der Waals surface area contributed by atoms with Gasteiger partial charge < -0.3 is 25.4 Å². The molecule has 42 heavy (non-hydrogen) atoms. The largest absolute Gasteiger partial charge is 0.493 e. The summed E-state index contributed by atoms with van der Waals surface area (Å²) in [4.78, 5) is 29.7. The fraction of sp³-hybridized carbons (Fsp3) is 0.235. The summed E-state index contributed by atoms with van der Waals surface area (Å²) in [5.41, 5.74) is 10.2. The average Bonchev–Trinajstić information content (AvgIpc) is 3.03. The smallest absolute Gasteiger partial charge is 0.255 e. The van der Waals surface area contributed by atoms with Crippen molar-refractivity contribution in [1.29, 1.82) is 0 Å². The van der Waals surface area contributed by atoms with E-state index in [9.17, 15) is 9.59 Å². The minimum Gasteiger partial charge on any atom is -0.493 e. The van der Waals surface area contributed by atoms with Gasteiger partial charge in [0.25, 0.3) is 5.91 Å². The lowest BCUT2D eigenvalue weighted by atomic mass is 9.92. The van der Waals surface area contributed by atoms with E-state index in [0.717, 1.165) is 17.5 Å². The summed E-state index contributed by atoms with van der Waals surface area (Å²) >= 11 is 1.70. The monoisotopic (exact) mass is 583 g/mol. The number of carbonyl (C=O) groups excluding carboxylic acids is 2. The van der Waals surface area contributed by atoms with Crippen molar-refractivity contribution >= 4 is 40.6 Å². The first-order chi connectivity index (χ1) is 20.4. The molecule has 0 aliphatic rings. The van der Waals surface area contributed by atoms with Gasteiger partial charge in [0.2, 0.25) is 5.91 Å². The molecule has 1 unspecified atom stereocenters. The molecule has 0 aliphatic heterocycles. The van der Waals surface area contributed by atoms with E-state index >= 15 is 0 Å². The Bertz CT molecular complexity index is 1510. The van der Waals surface area contributed by atoms with Gasteiger partial charge in [-0.25, -0.2) is 0 Å². The highest BCUT2D eigenvalue weighted by molar-refractivity contribution is 7.98. The van der Waals surface area contributed by atoms with E-state index in [4.69, 9.17) is 15.2 Å². The minimum absolute atomic E-state index is 0.00983. The van der Waals surface area contributed by atoms with Crippen LogP contribution in [0.1, 0.15) is 47.2 Å². The van der Waals surface area contributed by atoms with E-state index < -0.39 is 0 Å². The first-order valence-electron chi connectivity index (χ1n) is 13.8. The highest BCUT2D eigenvalue weighted by atomic mass is 32.2. The van der Waals surface area contributed by atoms with Crippen LogP contribution in [0.5, 0.6) is 11.5 Å². The van der Waals surface area contributed by atoms with Crippen LogP contribution < -0.4 is 25.4 Å². The van der Waals surface area contributed by atoms with E-state index in [-0.39, 0.29) is 17.7 Å². The molecule has 3 N–H and O–H groups in total. The third kappa shape index (κ3) is 7.44. The highest BCUT2D eigenvalue weighted by Gasteiger charge is 2.23. The topological polar surface area (TPSA) is 93.9 Å². The summed E-state index contributed by atoms with van der Waals surface area (Å²) < 4.78 is 10.9. The molecule has 2 amide bonds. The van der Waals surface area contributed by atoms with Gasteiger partial charge >= 0.3 is 0 Å². The molecule has 0 bridgehead atoms. The van der Waals surface area contributed by atoms with Crippen molar-refractivity contribution < 1.29 is 19.1 Å². The van der Waals surface area contributed by atoms with Crippen molar-refractivity contribution in [2.24, 2.45) is 0 Å². The van der Waals surface area contributed by atoms with Gasteiger partial charge in [-0.3, -0.25) is 9.59 Å². The number of methoxy groups -OCH3 is 2. The zero-order chi connectivity index (χ0) is 30.1. The van der Waals surface area contributed by atoms with Gasteiger partial charge in [-0.1, -0.05) is 43.3 Å². The molecule has 218 valence electrons. The number of nitrogens with zero attached hydrogens (tertiary/aromatic N) is 1. The number of nitrogen functional groups attached to an aromatic ring is 1. The molecule has 0 fully saturated rings. The molecule has 0 saturated heterocycles. The lowest BCUT2D eigenvalue weighted by Crippen LogP contribution is -2.31. The number of thioether (sulfide) groups is 1. The Morgan fingerprint density at radius 2 is 1.60 bits per heavy atom. The highest BCUT2D eigenvalue weighted by Crippen LogP contribution is 2.34. The third-order valence-electron chi connectivity index (χ3n) is 7.25. The second-order valence-electron chi connectivity index (χ2n) is 9.84. The summed E-state index contributed by atoms with van der Waals surface area (Å²) in [5, 5.41) is 2.85. The van der Waals surface area contributed by atoms with Crippen LogP contribution >= 0.6 is 11.8 Å². The molecule has 4 aromatic rings. The fourth-order valence-electron chi connectivity index (χ4n) is 4.76. The number of anilines is 3. The van der Waals surface area contributed by atoms with Gasteiger partial charge in [0.15, 0.2) is 11.5 Å². The first-order valence-corrected chi connectivity index (χ1v) is 15.0. The Morgan fingerprint density at radius 1 is 0.905 bits per heavy atom. The van der Waals surface area contributed by atoms with Gasteiger partial charge in [0.1, 0.15) is 0 Å². The maximum Gasteiger partial charge on any atom is 0.255 e. The molecule has 0 heterocycles. The standard InChI is InChI=1S/C34H37N3O4S/c1-5-24(25-14-17-28(42-4)18-15-25)20-33(38)37(27-16-19-31(40-2)32(21-27)41-3)22-23-10-12-26(13-11-23)34(39)36-30-9-7-6-8-29(30)35/h6-19,21,24H,5,20,22,35H2,1-4H3,(H,36,39). The number of amides is 2. The van der Waals surface area contributed by atoms with Gasteiger partial charge in [0, 0.05) is 28.6 Å². The Morgan fingerprint density at radius 3 is 2.21 bits per heavy atom. The van der Waals surface area contributed by atoms with Crippen molar-refractivity contribution in [2.45, 2.75) is 37.1 Å². The maximum absolute atomic E-state index is 14.0. The van der Waals surface area contributed by atoms with E-state index in [2.05, 4.69) is 42.8 Å². The average molecular weight is 584 g/mol. The third-order valence-corrected chi connectivity index (χ3v) is 7.99. The molecule has 0 aliphatic carbocycles. The number of nitrogens with two attached hydrogens (primary N) is 1. The van der Waals surface area contributed by atoms with Crippen LogP contribution in [0.3, 0.4) is 0 Å². The quantitative estimate of drug-likeness (QED) is 0.134. The zero-order valence-electron chi connectivity index (χ0n) is 24.4. The van der Waals surface area contributed by atoms with Crippen molar-refractivity contribution in [1.82, 2.24) is 0 Å². The lowest BCUT2D eigenvalue weighted by molar-refractivity contribution is -0.119. The number of ether oxygens (including phenoxy) is 2. The Kier molecular flexibility index (Phi) is 10.5. The predicted molar refractivity (Wildman–Crippen MR) is 172 cm³/mol. The molecule has 7 nitrogen and oxygen atoms in total. The Hall–Kier alpha value is -4.43. The van der Waals surface area contributed by atoms with Crippen molar-refractivity contribution in [3.63, 3.8) is 0 Å². The summed E-state index contributed by atoms with van der Waals surface area (Å²) in [7, 11) is 3.16. The molecule has 0 saturated carbocycles. The van der Waals surface area contributed by atoms with E-state index in [0.29, 0.717) is 47.1 Å². The summed E-state index contributed by atoms with van der Waals surface area (Å²) in [6.45, 7) is 2.43. The molecule has 8 heteroatoms. The predicted octanol–water partition coefficient (Wildman–Crippen LogP) is 7.38. The van der Waals surface area contributed by atoms with Gasteiger partial charge in [0.05, 0.1) is 32.1 Å². The lowest BCUT2D eigenvalue weighted by Gasteiger charge is -2.26. The number of nitrogens with one attached hydrogen (secondary N) is 1. The molecule has 0 radical (unpaired) electrons. The van der Waals surface area contributed by atoms with Crippen molar-refractivity contribution in [3.05, 3.63) is 108 Å². The summed E-state index contributed by atoms with van der Waals surface area (Å²) in [6, 6.07) is 28.3. The van der Waals surface area contributed by atoms with E-state index in [1.54, 1.807) is 61.2 Å². The Balaban J connectivity index is 1.58. The number of carbonyl (C=O) groups is 2. The van der Waals surface area contributed by atoms with Crippen LogP contribution in [-0.4, -0.2) is 32.3 Å². The van der Waals surface area contributed by atoms with Crippen LogP contribution in [-0.2, 0) is 11.3 Å². The zero-order valence-corrected chi connectivity index (χ0v) is 25.2. The molecule has 4 rings (SSSR count). The summed E-state index contributed by atoms with van der Waals surface area (Å²) in [5.74, 6) is 0.936. The number of benzene rings is 4. The second kappa shape index (κ2) is 14.5. The Labute approximate surface area is 252 Å². The molecular formula is C34H37N3O4S. The molecule has 4 aromatic carbocycles. The molecule has 0 spiro atoms. The molecule has 1 atom stereocenters. The van der Waals surface area contributed by atoms with Crippen LogP contribution in [0.4, 0.5) is 17.1 Å². The second-order valence-corrected chi connectivity index (χ2v) is 10.7. The van der Waals surface area contributed by atoms with Crippen LogP contribution in [0.25, 0.3) is 0 Å². The fourth-order valence-corrected chi connectivity index (χ4v) is 5.17. The van der Waals surface area contributed by atoms with Crippen LogP contribution in [0.15, 0.2) is 95.9 Å². The number of rotatable bonds is 12. The van der Waals surface area contributed by atoms with E-state index in [1.165, 1.54) is 4.90 Å².